The van der Waals surface area contributed by atoms with Gasteiger partial charge >= 0.3 is 24.1 Å². The Morgan fingerprint density at radius 1 is 1.10 bits per heavy atom. The normalized spacial score (nSPS) is 16.4. The van der Waals surface area contributed by atoms with E-state index >= 15 is 0 Å². The predicted octanol–water partition coefficient (Wildman–Crippen LogP) is 3.13. The molecule has 0 spiro atoms. The Morgan fingerprint density at radius 2 is 1.71 bits per heavy atom. The second kappa shape index (κ2) is 15.4. The molecule has 0 aromatic carbocycles. The predicted molar refractivity (Wildman–Crippen MR) is 142 cm³/mol. The Bertz CT molecular complexity index is 1210. The Kier molecular flexibility index (Phi) is 13.0. The molecule has 1 saturated heterocycles. The van der Waals surface area contributed by atoms with Crippen LogP contribution in [0.1, 0.15) is 72.1 Å². The van der Waals surface area contributed by atoms with Crippen LogP contribution in [-0.4, -0.2) is 73.8 Å². The first-order valence-corrected chi connectivity index (χ1v) is 12.6. The summed E-state index contributed by atoms with van der Waals surface area (Å²) in [6.45, 7) is 11.5. The van der Waals surface area contributed by atoms with Crippen molar-refractivity contribution in [3.05, 3.63) is 24.2 Å². The van der Waals surface area contributed by atoms with Gasteiger partial charge < -0.3 is 34.9 Å². The van der Waals surface area contributed by atoms with Crippen molar-refractivity contribution in [2.45, 2.75) is 78.1 Å². The molecule has 0 radical (unpaired) electrons. The number of fused-ring (bicyclic) bond motifs is 1. The fourth-order valence-corrected chi connectivity index (χ4v) is 3.89. The van der Waals surface area contributed by atoms with Crippen LogP contribution in [0, 0.1) is 17.2 Å². The van der Waals surface area contributed by atoms with Crippen LogP contribution in [0.25, 0.3) is 5.52 Å². The lowest BCUT2D eigenvalue weighted by Gasteiger charge is -2.22. The first-order chi connectivity index (χ1) is 19.1. The molecule has 2 unspecified atom stereocenters. The van der Waals surface area contributed by atoms with Gasteiger partial charge in [0.15, 0.2) is 5.82 Å². The van der Waals surface area contributed by atoms with Crippen LogP contribution in [0.4, 0.5) is 10.6 Å². The molecule has 15 nitrogen and oxygen atoms in total. The number of carbonyl (C=O) groups is 4. The smallest absolute Gasteiger partial charge is 0.481 e. The molecule has 0 aliphatic carbocycles. The highest BCUT2D eigenvalue weighted by atomic mass is 16.7. The topological polar surface area (TPSA) is 226 Å². The fraction of sp³-hybridized carbons (Fsp3) is 0.577. The van der Waals surface area contributed by atoms with Crippen LogP contribution < -0.4 is 5.73 Å². The minimum Gasteiger partial charge on any atom is -0.481 e. The van der Waals surface area contributed by atoms with E-state index in [0.717, 1.165) is 12.1 Å². The Morgan fingerprint density at radius 3 is 2.27 bits per heavy atom. The number of rotatable bonds is 10. The summed E-state index contributed by atoms with van der Waals surface area (Å²) in [5.74, 6) is -2.16. The quantitative estimate of drug-likeness (QED) is 0.344. The van der Waals surface area contributed by atoms with Crippen LogP contribution in [0.15, 0.2) is 18.5 Å². The van der Waals surface area contributed by atoms with E-state index in [1.807, 2.05) is 12.1 Å². The van der Waals surface area contributed by atoms with Crippen LogP contribution in [0.2, 0.25) is 0 Å². The number of ether oxygens (including phenoxy) is 4. The maximum Gasteiger partial charge on any atom is 0.509 e. The number of aliphatic carboxylic acids is 2. The number of hydrogen-bond acceptors (Lipinski definition) is 12. The Labute approximate surface area is 237 Å². The number of nitrogen functional groups attached to an aromatic ring is 1. The summed E-state index contributed by atoms with van der Waals surface area (Å²) in [7, 11) is 0. The van der Waals surface area contributed by atoms with Crippen LogP contribution in [0.5, 0.6) is 0 Å². The van der Waals surface area contributed by atoms with Gasteiger partial charge in [-0.3, -0.25) is 9.59 Å². The average Bonchev–Trinajstić information content (AvgIpc) is 3.50. The third-order valence-corrected chi connectivity index (χ3v) is 5.70. The molecule has 0 bridgehead atoms. The van der Waals surface area contributed by atoms with Gasteiger partial charge in [0, 0.05) is 6.57 Å². The number of carbonyl (C=O) groups excluding carboxylic acids is 2. The molecule has 2 atom stereocenters. The number of aromatic nitrogens is 3. The van der Waals surface area contributed by atoms with Crippen molar-refractivity contribution >= 4 is 35.4 Å². The summed E-state index contributed by atoms with van der Waals surface area (Å²) in [6, 6.07) is 3.73. The average molecular weight is 580 g/mol. The number of carboxylic acid groups (broad SMARTS) is 2. The largest absolute Gasteiger partial charge is 0.509 e. The van der Waals surface area contributed by atoms with Crippen molar-refractivity contribution < 1.29 is 48.3 Å². The number of anilines is 1. The van der Waals surface area contributed by atoms with Gasteiger partial charge in [-0.15, -0.1) is 0 Å². The number of hydrogen-bond donors (Lipinski definition) is 3. The first-order valence-electron chi connectivity index (χ1n) is 12.6. The van der Waals surface area contributed by atoms with Crippen molar-refractivity contribution in [3.63, 3.8) is 0 Å². The molecule has 41 heavy (non-hydrogen) atoms. The molecule has 0 amide bonds. The molecular weight excluding hydrogens is 542 g/mol. The molecule has 226 valence electrons. The van der Waals surface area contributed by atoms with Crippen molar-refractivity contribution in [3.8, 4) is 6.57 Å². The first kappa shape index (κ1) is 34.6. The lowest BCUT2D eigenvalue weighted by Crippen LogP contribution is -2.39. The van der Waals surface area contributed by atoms with Gasteiger partial charge in [0.25, 0.3) is 0 Å². The van der Waals surface area contributed by atoms with Gasteiger partial charge in [0.2, 0.25) is 5.60 Å². The monoisotopic (exact) mass is 579 g/mol. The molecule has 2 aromatic rings. The third kappa shape index (κ3) is 10.9. The molecule has 1 fully saturated rings. The van der Waals surface area contributed by atoms with Gasteiger partial charge in [-0.1, -0.05) is 13.8 Å². The van der Waals surface area contributed by atoms with E-state index in [4.69, 9.17) is 40.2 Å². The second-order valence-electron chi connectivity index (χ2n) is 10.2. The maximum atomic E-state index is 11.9. The maximum absolute atomic E-state index is 11.9. The molecular formula is C26H37N5O10. The summed E-state index contributed by atoms with van der Waals surface area (Å²) in [5, 5.41) is 27.5. The second-order valence-corrected chi connectivity index (χ2v) is 10.2. The molecule has 1 aliphatic rings. The number of esters is 1. The molecule has 2 aromatic heterocycles. The van der Waals surface area contributed by atoms with Crippen molar-refractivity contribution in [2.24, 2.45) is 5.41 Å². The number of nitrogens with two attached hydrogens (primary N) is 1. The third-order valence-electron chi connectivity index (χ3n) is 5.70. The van der Waals surface area contributed by atoms with Crippen LogP contribution >= 0.6 is 0 Å². The van der Waals surface area contributed by atoms with Crippen molar-refractivity contribution in [1.82, 2.24) is 14.6 Å². The van der Waals surface area contributed by atoms with Gasteiger partial charge in [-0.05, 0) is 51.2 Å². The van der Waals surface area contributed by atoms with Gasteiger partial charge in [-0.2, -0.15) is 5.10 Å². The van der Waals surface area contributed by atoms with E-state index in [-0.39, 0.29) is 38.3 Å². The Balaban J connectivity index is 0.000000547. The highest BCUT2D eigenvalue weighted by Crippen LogP contribution is 2.34. The van der Waals surface area contributed by atoms with E-state index < -0.39 is 35.1 Å². The number of nitriles is 1. The van der Waals surface area contributed by atoms with E-state index in [2.05, 4.69) is 16.7 Å². The van der Waals surface area contributed by atoms with Crippen LogP contribution in [0.3, 0.4) is 0 Å². The van der Waals surface area contributed by atoms with Crippen molar-refractivity contribution in [2.75, 3.05) is 18.9 Å². The van der Waals surface area contributed by atoms with E-state index in [1.165, 1.54) is 20.2 Å². The molecule has 15 heteroatoms. The lowest BCUT2D eigenvalue weighted by molar-refractivity contribution is -0.164. The minimum atomic E-state index is -1.42. The molecule has 0 saturated carbocycles. The summed E-state index contributed by atoms with van der Waals surface area (Å²) in [5.41, 5.74) is 5.35. The van der Waals surface area contributed by atoms with E-state index in [9.17, 15) is 19.2 Å². The van der Waals surface area contributed by atoms with Gasteiger partial charge in [-0.25, -0.2) is 24.4 Å². The van der Waals surface area contributed by atoms with Gasteiger partial charge in [0.05, 0.1) is 31.2 Å². The summed E-state index contributed by atoms with van der Waals surface area (Å²) in [6.07, 6.45) is 1.19. The number of nitrogens with zero attached hydrogens (tertiary/aromatic N) is 4. The SMILES string of the molecule is C#N.CC(C)(CC(=O)O)CC(=O)O.CCOC(=O)C(C)(C)OC(=O)OCC1CCC(c2ccc3c(N)ncnn23)O1. The van der Waals surface area contributed by atoms with Gasteiger partial charge in [0.1, 0.15) is 24.6 Å². The summed E-state index contributed by atoms with van der Waals surface area (Å²) < 4.78 is 22.7. The summed E-state index contributed by atoms with van der Waals surface area (Å²) >= 11 is 0. The van der Waals surface area contributed by atoms with E-state index in [0.29, 0.717) is 17.8 Å². The molecule has 1 aliphatic heterocycles. The zero-order valence-corrected chi connectivity index (χ0v) is 23.7. The Hall–Kier alpha value is -4.45. The molecule has 3 rings (SSSR count). The molecule has 3 heterocycles. The fourth-order valence-electron chi connectivity index (χ4n) is 3.89. The summed E-state index contributed by atoms with van der Waals surface area (Å²) in [4.78, 5) is 48.0. The number of carboxylic acids is 2. The highest BCUT2D eigenvalue weighted by molar-refractivity contribution is 5.81. The zero-order chi connectivity index (χ0) is 31.4. The lowest BCUT2D eigenvalue weighted by atomic mass is 9.86. The van der Waals surface area contributed by atoms with Crippen LogP contribution in [-0.2, 0) is 33.3 Å². The van der Waals surface area contributed by atoms with E-state index in [1.54, 1.807) is 25.3 Å². The minimum absolute atomic E-state index is 0.0225. The zero-order valence-electron chi connectivity index (χ0n) is 23.7. The standard InChI is InChI=1S/C18H24N4O6.C7H12O4.CHN/c1-4-25-16(23)18(2,3)28-17(24)26-9-11-5-8-14(27-11)12-6-7-13-15(19)20-10-21-22(12)13;1-7(2,3-5(8)9)4-6(10)11;1-2/h6-7,10-11,14H,4-5,8-9H2,1-3H3,(H2,19,20,21);3-4H2,1-2H3,(H,8,9)(H,10,11);1H. The highest BCUT2D eigenvalue weighted by Gasteiger charge is 2.35. The van der Waals surface area contributed by atoms with Crippen molar-refractivity contribution in [1.29, 1.82) is 5.26 Å². The molecule has 4 N–H and O–H groups in total.